The van der Waals surface area contributed by atoms with Crippen molar-refractivity contribution in [1.82, 2.24) is 4.98 Å². The molecular weight excluding hydrogens is 474 g/mol. The van der Waals surface area contributed by atoms with Gasteiger partial charge in [-0.3, -0.25) is 0 Å². The first-order valence-corrected chi connectivity index (χ1v) is 13.5. The highest BCUT2D eigenvalue weighted by Crippen LogP contribution is 2.42. The quantitative estimate of drug-likeness (QED) is 0.251. The number of hydrazone groups is 1. The third-order valence-corrected chi connectivity index (χ3v) is 7.84. The molecule has 0 amide bonds. The Kier molecular flexibility index (Phi) is 6.88. The molecule has 35 heavy (non-hydrogen) atoms. The van der Waals surface area contributed by atoms with Crippen LogP contribution in [0.15, 0.2) is 70.5 Å². The lowest BCUT2D eigenvalue weighted by molar-refractivity contribution is 0.354. The van der Waals surface area contributed by atoms with Gasteiger partial charge in [-0.2, -0.15) is 5.10 Å². The van der Waals surface area contributed by atoms with Crippen LogP contribution in [-0.2, 0) is 6.42 Å². The van der Waals surface area contributed by atoms with E-state index in [1.165, 1.54) is 10.4 Å². The van der Waals surface area contributed by atoms with Crippen molar-refractivity contribution in [2.75, 3.05) is 19.2 Å². The molecule has 1 aliphatic rings. The van der Waals surface area contributed by atoms with Gasteiger partial charge in [0.15, 0.2) is 11.5 Å². The highest BCUT2D eigenvalue weighted by Gasteiger charge is 2.32. The number of nitrogens with zero attached hydrogens (tertiary/aromatic N) is 3. The molecule has 1 atom stereocenters. The van der Waals surface area contributed by atoms with Gasteiger partial charge < -0.3 is 9.47 Å². The number of methoxy groups -OCH3 is 2. The standard InChI is InChI=1S/C28H29N3O2S2/c1-18(2)14-19-7-9-20(10-8-19)23-17-35-28(29-23)31-24(16-22(30-31)27-6-5-13-34-27)21-11-12-25(32-3)26(15-21)33-4/h5-13,15,17-18,24H,14,16H2,1-4H3/t24-/m1/s1. The van der Waals surface area contributed by atoms with Crippen LogP contribution < -0.4 is 14.5 Å². The van der Waals surface area contributed by atoms with E-state index >= 15 is 0 Å². The number of hydrogen-bond acceptors (Lipinski definition) is 7. The summed E-state index contributed by atoms with van der Waals surface area (Å²) in [6.45, 7) is 4.49. The third-order valence-electron chi connectivity index (χ3n) is 6.09. The molecule has 3 heterocycles. The molecule has 1 aliphatic heterocycles. The first-order chi connectivity index (χ1) is 17.1. The number of aromatic nitrogens is 1. The van der Waals surface area contributed by atoms with Gasteiger partial charge in [0.2, 0.25) is 5.13 Å². The van der Waals surface area contributed by atoms with Gasteiger partial charge in [0.1, 0.15) is 0 Å². The van der Waals surface area contributed by atoms with E-state index in [0.717, 1.165) is 52.0 Å². The SMILES string of the molecule is COc1ccc([C@H]2CC(c3cccs3)=NN2c2nc(-c3ccc(CC(C)C)cc3)cs2)cc1OC. The monoisotopic (exact) mass is 503 g/mol. The molecule has 0 radical (unpaired) electrons. The van der Waals surface area contributed by atoms with E-state index in [-0.39, 0.29) is 6.04 Å². The average molecular weight is 504 g/mol. The summed E-state index contributed by atoms with van der Waals surface area (Å²) >= 11 is 3.34. The predicted molar refractivity (Wildman–Crippen MR) is 146 cm³/mol. The van der Waals surface area contributed by atoms with Crippen molar-refractivity contribution < 1.29 is 9.47 Å². The lowest BCUT2D eigenvalue weighted by Gasteiger charge is -2.22. The van der Waals surface area contributed by atoms with Gasteiger partial charge in [-0.15, -0.1) is 22.7 Å². The number of hydrogen-bond donors (Lipinski definition) is 0. The van der Waals surface area contributed by atoms with Gasteiger partial charge in [-0.1, -0.05) is 50.2 Å². The van der Waals surface area contributed by atoms with Crippen LogP contribution >= 0.6 is 22.7 Å². The van der Waals surface area contributed by atoms with Crippen LogP contribution in [-0.4, -0.2) is 24.9 Å². The van der Waals surface area contributed by atoms with E-state index < -0.39 is 0 Å². The zero-order valence-electron chi connectivity index (χ0n) is 20.4. The number of benzene rings is 2. The Morgan fingerprint density at radius 1 is 1.00 bits per heavy atom. The van der Waals surface area contributed by atoms with Gasteiger partial charge in [0.25, 0.3) is 0 Å². The van der Waals surface area contributed by atoms with E-state index in [4.69, 9.17) is 19.6 Å². The van der Waals surface area contributed by atoms with Gasteiger partial charge in [0, 0.05) is 17.4 Å². The number of anilines is 1. The predicted octanol–water partition coefficient (Wildman–Crippen LogP) is 7.44. The second-order valence-corrected chi connectivity index (χ2v) is 10.8. The van der Waals surface area contributed by atoms with Crippen LogP contribution in [0.4, 0.5) is 5.13 Å². The summed E-state index contributed by atoms with van der Waals surface area (Å²) in [5.41, 5.74) is 5.66. The fraction of sp³-hybridized carbons (Fsp3) is 0.286. The molecule has 0 unspecified atom stereocenters. The summed E-state index contributed by atoms with van der Waals surface area (Å²) in [7, 11) is 3.32. The molecule has 0 bridgehead atoms. The normalized spacial score (nSPS) is 15.5. The Labute approximate surface area is 214 Å². The van der Waals surface area contributed by atoms with Gasteiger partial charge in [-0.05, 0) is 47.0 Å². The summed E-state index contributed by atoms with van der Waals surface area (Å²) in [5, 5.41) is 12.2. The maximum Gasteiger partial charge on any atom is 0.207 e. The van der Waals surface area contributed by atoms with E-state index in [1.54, 1.807) is 36.9 Å². The molecule has 0 fully saturated rings. The van der Waals surface area contributed by atoms with Crippen LogP contribution in [0.2, 0.25) is 0 Å². The van der Waals surface area contributed by atoms with Crippen molar-refractivity contribution in [3.8, 4) is 22.8 Å². The van der Waals surface area contributed by atoms with Crippen molar-refractivity contribution in [3.05, 3.63) is 81.4 Å². The molecule has 0 aliphatic carbocycles. The fourth-order valence-electron chi connectivity index (χ4n) is 4.38. The van der Waals surface area contributed by atoms with Gasteiger partial charge in [-0.25, -0.2) is 9.99 Å². The fourth-order valence-corrected chi connectivity index (χ4v) is 5.94. The molecule has 2 aromatic heterocycles. The van der Waals surface area contributed by atoms with Gasteiger partial charge >= 0.3 is 0 Å². The zero-order valence-corrected chi connectivity index (χ0v) is 22.0. The minimum atomic E-state index is 0.0272. The lowest BCUT2D eigenvalue weighted by atomic mass is 10.0. The first kappa shape index (κ1) is 23.6. The average Bonchev–Trinajstić information content (AvgIpc) is 3.64. The Morgan fingerprint density at radius 3 is 2.49 bits per heavy atom. The Balaban J connectivity index is 1.48. The summed E-state index contributed by atoms with van der Waals surface area (Å²) in [5.74, 6) is 2.08. The topological polar surface area (TPSA) is 47.0 Å². The number of ether oxygens (including phenoxy) is 2. The number of rotatable bonds is 8. The van der Waals surface area contributed by atoms with Crippen molar-refractivity contribution >= 4 is 33.5 Å². The van der Waals surface area contributed by atoms with Crippen LogP contribution in [0.1, 0.15) is 42.3 Å². The van der Waals surface area contributed by atoms with Gasteiger partial charge in [0.05, 0.1) is 36.5 Å². The maximum atomic E-state index is 5.58. The molecule has 5 rings (SSSR count). The van der Waals surface area contributed by atoms with Crippen molar-refractivity contribution in [2.45, 2.75) is 32.7 Å². The molecule has 4 aromatic rings. The zero-order chi connectivity index (χ0) is 24.4. The van der Waals surface area contributed by atoms with Crippen molar-refractivity contribution in [2.24, 2.45) is 11.0 Å². The summed E-state index contributed by atoms with van der Waals surface area (Å²) < 4.78 is 11.0. The van der Waals surface area contributed by atoms with Crippen LogP contribution in [0.5, 0.6) is 11.5 Å². The summed E-state index contributed by atoms with van der Waals surface area (Å²) in [6.07, 6.45) is 1.89. The molecule has 7 heteroatoms. The molecule has 0 spiro atoms. The molecule has 5 nitrogen and oxygen atoms in total. The molecule has 180 valence electrons. The van der Waals surface area contributed by atoms with Crippen LogP contribution in [0.25, 0.3) is 11.3 Å². The number of thiazole rings is 1. The van der Waals surface area contributed by atoms with E-state index in [2.05, 4.69) is 72.1 Å². The molecule has 0 saturated carbocycles. The molecule has 0 N–H and O–H groups in total. The largest absolute Gasteiger partial charge is 0.493 e. The second-order valence-electron chi connectivity index (χ2n) is 9.01. The summed E-state index contributed by atoms with van der Waals surface area (Å²) in [6, 6.07) is 19.1. The minimum Gasteiger partial charge on any atom is -0.493 e. The Bertz CT molecular complexity index is 1310. The van der Waals surface area contributed by atoms with E-state index in [0.29, 0.717) is 5.92 Å². The Hall–Kier alpha value is -3.16. The maximum absolute atomic E-state index is 5.58. The van der Waals surface area contributed by atoms with Crippen LogP contribution in [0, 0.1) is 5.92 Å². The molecule has 2 aromatic carbocycles. The van der Waals surface area contributed by atoms with Crippen molar-refractivity contribution in [3.63, 3.8) is 0 Å². The van der Waals surface area contributed by atoms with Crippen molar-refractivity contribution in [1.29, 1.82) is 0 Å². The highest BCUT2D eigenvalue weighted by molar-refractivity contribution is 7.14. The minimum absolute atomic E-state index is 0.0272. The van der Waals surface area contributed by atoms with E-state index in [9.17, 15) is 0 Å². The smallest absolute Gasteiger partial charge is 0.207 e. The van der Waals surface area contributed by atoms with E-state index in [1.807, 2.05) is 12.1 Å². The first-order valence-electron chi connectivity index (χ1n) is 11.7. The number of thiophene rings is 1. The lowest BCUT2D eigenvalue weighted by Crippen LogP contribution is -2.18. The highest BCUT2D eigenvalue weighted by atomic mass is 32.1. The van der Waals surface area contributed by atoms with Crippen LogP contribution in [0.3, 0.4) is 0 Å². The molecule has 0 saturated heterocycles. The second kappa shape index (κ2) is 10.2. The summed E-state index contributed by atoms with van der Waals surface area (Å²) in [4.78, 5) is 6.20. The molecular formula is C28H29N3O2S2. The third kappa shape index (κ3) is 4.97. The Morgan fingerprint density at radius 2 is 1.80 bits per heavy atom.